The summed E-state index contributed by atoms with van der Waals surface area (Å²) in [7, 11) is 1.46. The smallest absolute Gasteiger partial charge is 0.328 e. The van der Waals surface area contributed by atoms with Gasteiger partial charge >= 0.3 is 5.97 Å². The van der Waals surface area contributed by atoms with Crippen LogP contribution in [0.4, 0.5) is 5.82 Å². The molecule has 0 aromatic carbocycles. The molecule has 0 saturated carbocycles. The SMILES string of the molecule is COCC(Nc1cc(C(C)C)ncn1)C(=O)O. The lowest BCUT2D eigenvalue weighted by Gasteiger charge is -2.14. The van der Waals surface area contributed by atoms with E-state index in [4.69, 9.17) is 9.84 Å². The standard InChI is InChI=1S/C11H17N3O3/c1-7(2)8-4-10(13-6-12-8)14-9(5-17-3)11(15)16/h4,6-7,9H,5H2,1-3H3,(H,15,16)(H,12,13,14). The van der Waals surface area contributed by atoms with Gasteiger partial charge in [-0.1, -0.05) is 13.8 Å². The highest BCUT2D eigenvalue weighted by Gasteiger charge is 2.17. The molecule has 6 heteroatoms. The van der Waals surface area contributed by atoms with Crippen LogP contribution in [0, 0.1) is 0 Å². The van der Waals surface area contributed by atoms with Gasteiger partial charge in [-0.2, -0.15) is 0 Å². The molecule has 1 aromatic heterocycles. The topological polar surface area (TPSA) is 84.3 Å². The van der Waals surface area contributed by atoms with Crippen LogP contribution < -0.4 is 5.32 Å². The number of hydrogen-bond donors (Lipinski definition) is 2. The van der Waals surface area contributed by atoms with E-state index in [0.29, 0.717) is 5.82 Å². The van der Waals surface area contributed by atoms with Crippen molar-refractivity contribution < 1.29 is 14.6 Å². The van der Waals surface area contributed by atoms with E-state index in [-0.39, 0.29) is 12.5 Å². The average molecular weight is 239 g/mol. The Bertz CT molecular complexity index is 382. The van der Waals surface area contributed by atoms with Crippen molar-refractivity contribution in [2.24, 2.45) is 0 Å². The van der Waals surface area contributed by atoms with Gasteiger partial charge in [0.2, 0.25) is 0 Å². The molecule has 0 spiro atoms. The molecule has 0 bridgehead atoms. The van der Waals surface area contributed by atoms with Gasteiger partial charge in [-0.25, -0.2) is 14.8 Å². The number of methoxy groups -OCH3 is 1. The van der Waals surface area contributed by atoms with Crippen LogP contribution in [-0.2, 0) is 9.53 Å². The zero-order chi connectivity index (χ0) is 12.8. The summed E-state index contributed by atoms with van der Waals surface area (Å²) in [4.78, 5) is 19.0. The fourth-order valence-electron chi connectivity index (χ4n) is 1.29. The van der Waals surface area contributed by atoms with Crippen molar-refractivity contribution >= 4 is 11.8 Å². The Labute approximate surface area is 100 Å². The van der Waals surface area contributed by atoms with Crippen LogP contribution in [0.5, 0.6) is 0 Å². The lowest BCUT2D eigenvalue weighted by Crippen LogP contribution is -2.34. The van der Waals surface area contributed by atoms with Crippen molar-refractivity contribution in [3.05, 3.63) is 18.1 Å². The highest BCUT2D eigenvalue weighted by Crippen LogP contribution is 2.14. The minimum atomic E-state index is -0.975. The van der Waals surface area contributed by atoms with Gasteiger partial charge in [0.1, 0.15) is 18.2 Å². The average Bonchev–Trinajstić information content (AvgIpc) is 2.28. The molecule has 0 amide bonds. The van der Waals surface area contributed by atoms with Crippen molar-refractivity contribution in [2.75, 3.05) is 19.0 Å². The summed E-state index contributed by atoms with van der Waals surface area (Å²) in [5, 5.41) is 11.8. The number of carboxylic acids is 1. The Balaban J connectivity index is 2.78. The van der Waals surface area contributed by atoms with Crippen LogP contribution in [0.1, 0.15) is 25.5 Å². The Kier molecular flexibility index (Phi) is 4.84. The molecule has 6 nitrogen and oxygen atoms in total. The van der Waals surface area contributed by atoms with Gasteiger partial charge in [-0.15, -0.1) is 0 Å². The molecule has 0 fully saturated rings. The summed E-state index contributed by atoms with van der Waals surface area (Å²) in [5.74, 6) is -0.214. The molecule has 0 radical (unpaired) electrons. The van der Waals surface area contributed by atoms with E-state index in [1.165, 1.54) is 13.4 Å². The molecule has 1 heterocycles. The van der Waals surface area contributed by atoms with Crippen LogP contribution in [0.15, 0.2) is 12.4 Å². The summed E-state index contributed by atoms with van der Waals surface area (Å²) in [5.41, 5.74) is 0.865. The molecule has 1 aromatic rings. The highest BCUT2D eigenvalue weighted by atomic mass is 16.5. The van der Waals surface area contributed by atoms with Gasteiger partial charge in [0.25, 0.3) is 0 Å². The molecule has 17 heavy (non-hydrogen) atoms. The predicted molar refractivity (Wildman–Crippen MR) is 63.0 cm³/mol. The highest BCUT2D eigenvalue weighted by molar-refractivity contribution is 5.77. The molecule has 0 saturated heterocycles. The van der Waals surface area contributed by atoms with Crippen LogP contribution in [-0.4, -0.2) is 40.8 Å². The summed E-state index contributed by atoms with van der Waals surface area (Å²) in [6.45, 7) is 4.10. The monoisotopic (exact) mass is 239 g/mol. The third-order valence-electron chi connectivity index (χ3n) is 2.23. The number of nitrogens with zero attached hydrogens (tertiary/aromatic N) is 2. The lowest BCUT2D eigenvalue weighted by atomic mass is 10.1. The van der Waals surface area contributed by atoms with Gasteiger partial charge in [0, 0.05) is 18.9 Å². The number of carboxylic acid groups (broad SMARTS) is 1. The van der Waals surface area contributed by atoms with Crippen LogP contribution in [0.3, 0.4) is 0 Å². The Morgan fingerprint density at radius 2 is 2.24 bits per heavy atom. The first kappa shape index (κ1) is 13.4. The van der Waals surface area contributed by atoms with Gasteiger partial charge in [-0.3, -0.25) is 0 Å². The van der Waals surface area contributed by atoms with Crippen LogP contribution in [0.25, 0.3) is 0 Å². The van der Waals surface area contributed by atoms with E-state index in [1.54, 1.807) is 6.07 Å². The Morgan fingerprint density at radius 3 is 2.76 bits per heavy atom. The number of anilines is 1. The van der Waals surface area contributed by atoms with Crippen LogP contribution in [0.2, 0.25) is 0 Å². The maximum atomic E-state index is 10.9. The van der Waals surface area contributed by atoms with Crippen molar-refractivity contribution in [1.29, 1.82) is 0 Å². The number of hydrogen-bond acceptors (Lipinski definition) is 5. The number of nitrogens with one attached hydrogen (secondary N) is 1. The van der Waals surface area contributed by atoms with E-state index in [0.717, 1.165) is 5.69 Å². The molecule has 0 aliphatic heterocycles. The van der Waals surface area contributed by atoms with Gasteiger partial charge in [-0.05, 0) is 5.92 Å². The Morgan fingerprint density at radius 1 is 1.53 bits per heavy atom. The first-order valence-corrected chi connectivity index (χ1v) is 5.34. The van der Waals surface area contributed by atoms with E-state index >= 15 is 0 Å². The lowest BCUT2D eigenvalue weighted by molar-refractivity contribution is -0.139. The molecule has 0 aliphatic carbocycles. The number of aliphatic carboxylic acids is 1. The minimum Gasteiger partial charge on any atom is -0.480 e. The number of rotatable bonds is 6. The second kappa shape index (κ2) is 6.15. The van der Waals surface area contributed by atoms with Crippen molar-refractivity contribution in [3.63, 3.8) is 0 Å². The predicted octanol–water partition coefficient (Wildman–Crippen LogP) is 1.11. The first-order valence-electron chi connectivity index (χ1n) is 5.34. The summed E-state index contributed by atoms with van der Waals surface area (Å²) in [6.07, 6.45) is 1.42. The first-order chi connectivity index (χ1) is 8.04. The molecule has 2 N–H and O–H groups in total. The van der Waals surface area contributed by atoms with Crippen molar-refractivity contribution in [3.8, 4) is 0 Å². The molecular formula is C11H17N3O3. The van der Waals surface area contributed by atoms with Crippen molar-refractivity contribution in [2.45, 2.75) is 25.8 Å². The quantitative estimate of drug-likeness (QED) is 0.773. The summed E-state index contributed by atoms with van der Waals surface area (Å²) >= 11 is 0. The number of ether oxygens (including phenoxy) is 1. The maximum Gasteiger partial charge on any atom is 0.328 e. The number of aromatic nitrogens is 2. The van der Waals surface area contributed by atoms with Gasteiger partial charge in [0.05, 0.1) is 6.61 Å². The third kappa shape index (κ3) is 3.99. The second-order valence-corrected chi connectivity index (χ2v) is 3.97. The minimum absolute atomic E-state index is 0.0797. The molecule has 1 rings (SSSR count). The largest absolute Gasteiger partial charge is 0.480 e. The zero-order valence-corrected chi connectivity index (χ0v) is 10.2. The fourth-order valence-corrected chi connectivity index (χ4v) is 1.29. The maximum absolute atomic E-state index is 10.9. The molecule has 1 atom stereocenters. The van der Waals surface area contributed by atoms with E-state index in [1.807, 2.05) is 13.8 Å². The normalized spacial score (nSPS) is 12.5. The second-order valence-electron chi connectivity index (χ2n) is 3.97. The van der Waals surface area contributed by atoms with Gasteiger partial charge < -0.3 is 15.2 Å². The zero-order valence-electron chi connectivity index (χ0n) is 10.2. The molecule has 94 valence electrons. The summed E-state index contributed by atoms with van der Waals surface area (Å²) in [6, 6.07) is 0.936. The van der Waals surface area contributed by atoms with Gasteiger partial charge in [0.15, 0.2) is 0 Å². The van der Waals surface area contributed by atoms with Crippen LogP contribution >= 0.6 is 0 Å². The number of carbonyl (C=O) groups is 1. The third-order valence-corrected chi connectivity index (χ3v) is 2.23. The van der Waals surface area contributed by atoms with E-state index < -0.39 is 12.0 Å². The molecular weight excluding hydrogens is 222 g/mol. The summed E-state index contributed by atoms with van der Waals surface area (Å²) < 4.78 is 4.83. The van der Waals surface area contributed by atoms with Crippen molar-refractivity contribution in [1.82, 2.24) is 9.97 Å². The Hall–Kier alpha value is -1.69. The molecule has 0 aliphatic rings. The van der Waals surface area contributed by atoms with E-state index in [2.05, 4.69) is 15.3 Å². The van der Waals surface area contributed by atoms with E-state index in [9.17, 15) is 4.79 Å². The fraction of sp³-hybridized carbons (Fsp3) is 0.545. The molecule has 1 unspecified atom stereocenters.